The number of morpholine rings is 1. The smallest absolute Gasteiger partial charge is 0.428 e. The van der Waals surface area contributed by atoms with Crippen LogP contribution in [0.3, 0.4) is 0 Å². The fourth-order valence-corrected chi connectivity index (χ4v) is 2.40. The van der Waals surface area contributed by atoms with Crippen LogP contribution in [-0.2, 0) is 9.47 Å². The fraction of sp³-hybridized carbons (Fsp3) is 0.429. The first-order valence-electron chi connectivity index (χ1n) is 6.71. The molecule has 3 rings (SSSR count). The topological polar surface area (TPSA) is 63.2 Å². The lowest BCUT2D eigenvalue weighted by Crippen LogP contribution is -2.37. The van der Waals surface area contributed by atoms with Crippen molar-refractivity contribution < 1.29 is 14.3 Å². The van der Waals surface area contributed by atoms with Crippen LogP contribution in [0.25, 0.3) is 0 Å². The largest absolute Gasteiger partial charge is 0.439 e. The Morgan fingerprint density at radius 3 is 2.60 bits per heavy atom. The number of benzene rings is 1. The quantitative estimate of drug-likeness (QED) is 0.885. The average Bonchev–Trinajstić information content (AvgIpc) is 2.48. The molecule has 1 amide bonds. The molecule has 0 aromatic heterocycles. The van der Waals surface area contributed by atoms with Gasteiger partial charge in [-0.05, 0) is 19.1 Å². The minimum absolute atomic E-state index is 0.335. The maximum absolute atomic E-state index is 11.1. The van der Waals surface area contributed by atoms with Gasteiger partial charge in [-0.2, -0.15) is 5.10 Å². The van der Waals surface area contributed by atoms with E-state index in [0.717, 1.165) is 37.6 Å². The van der Waals surface area contributed by atoms with E-state index in [2.05, 4.69) is 27.6 Å². The Balaban J connectivity index is 1.77. The summed E-state index contributed by atoms with van der Waals surface area (Å²) in [5.74, 6) is 0. The molecule has 1 atom stereocenters. The van der Waals surface area contributed by atoms with Crippen LogP contribution < -0.4 is 10.3 Å². The van der Waals surface area contributed by atoms with Gasteiger partial charge in [0.05, 0.1) is 13.2 Å². The number of carbonyl (C=O) groups is 1. The lowest BCUT2D eigenvalue weighted by atomic mass is 10.1. The first-order chi connectivity index (χ1) is 9.74. The van der Waals surface area contributed by atoms with Crippen molar-refractivity contribution in [1.29, 1.82) is 0 Å². The summed E-state index contributed by atoms with van der Waals surface area (Å²) in [6.07, 6.45) is -0.843. The molecule has 0 radical (unpaired) electrons. The zero-order chi connectivity index (χ0) is 13.9. The Labute approximate surface area is 117 Å². The van der Waals surface area contributed by atoms with Gasteiger partial charge in [0.15, 0.2) is 0 Å². The number of rotatable bonds is 2. The Kier molecular flexibility index (Phi) is 3.56. The lowest BCUT2D eigenvalue weighted by molar-refractivity contribution is 0.122. The van der Waals surface area contributed by atoms with E-state index < -0.39 is 6.09 Å². The maximum Gasteiger partial charge on any atom is 0.428 e. The van der Waals surface area contributed by atoms with Crippen molar-refractivity contribution in [3.05, 3.63) is 29.8 Å². The summed E-state index contributed by atoms with van der Waals surface area (Å²) < 4.78 is 10.4. The van der Waals surface area contributed by atoms with E-state index in [9.17, 15) is 4.79 Å². The summed E-state index contributed by atoms with van der Waals surface area (Å²) in [5.41, 5.74) is 5.20. The van der Waals surface area contributed by atoms with E-state index in [0.29, 0.717) is 0 Å². The number of carbonyl (C=O) groups excluding carboxylic acids is 1. The summed E-state index contributed by atoms with van der Waals surface area (Å²) >= 11 is 0. The minimum Gasteiger partial charge on any atom is -0.439 e. The van der Waals surface area contributed by atoms with E-state index in [-0.39, 0.29) is 6.10 Å². The molecule has 0 bridgehead atoms. The summed E-state index contributed by atoms with van der Waals surface area (Å²) in [6, 6.07) is 8.13. The molecule has 1 aromatic rings. The molecule has 6 nitrogen and oxygen atoms in total. The maximum atomic E-state index is 11.1. The van der Waals surface area contributed by atoms with Gasteiger partial charge in [0, 0.05) is 24.3 Å². The van der Waals surface area contributed by atoms with Crippen molar-refractivity contribution in [2.24, 2.45) is 5.10 Å². The summed E-state index contributed by atoms with van der Waals surface area (Å²) in [6.45, 7) is 5.18. The highest BCUT2D eigenvalue weighted by molar-refractivity contribution is 6.05. The molecule has 2 aliphatic heterocycles. The van der Waals surface area contributed by atoms with E-state index in [1.54, 1.807) is 0 Å². The normalized spacial score (nSPS) is 22.9. The van der Waals surface area contributed by atoms with Crippen molar-refractivity contribution >= 4 is 17.5 Å². The first kappa shape index (κ1) is 12.9. The van der Waals surface area contributed by atoms with Gasteiger partial charge in [0.1, 0.15) is 11.8 Å². The van der Waals surface area contributed by atoms with Gasteiger partial charge in [-0.3, -0.25) is 0 Å². The number of amides is 1. The summed E-state index contributed by atoms with van der Waals surface area (Å²) in [7, 11) is 0. The Morgan fingerprint density at radius 2 is 1.95 bits per heavy atom. The molecule has 0 spiro atoms. The highest BCUT2D eigenvalue weighted by Gasteiger charge is 2.22. The number of nitrogens with zero attached hydrogens (tertiary/aromatic N) is 2. The predicted octanol–water partition coefficient (Wildman–Crippen LogP) is 1.36. The van der Waals surface area contributed by atoms with E-state index in [1.165, 1.54) is 5.69 Å². The molecular formula is C14H17N3O3. The standard InChI is InChI=1S/C14H17N3O3/c1-10-13(15-16-14(18)20-10)11-2-4-12(5-3-11)17-6-8-19-9-7-17/h2-5,10H,6-9H2,1H3,(H,16,18)/t10-/m1/s1. The molecule has 6 heteroatoms. The number of hydrazone groups is 1. The van der Waals surface area contributed by atoms with Crippen LogP contribution in [-0.4, -0.2) is 44.2 Å². The second kappa shape index (κ2) is 5.50. The van der Waals surface area contributed by atoms with Crippen LogP contribution in [0.4, 0.5) is 10.5 Å². The van der Waals surface area contributed by atoms with Gasteiger partial charge in [-0.1, -0.05) is 12.1 Å². The third-order valence-corrected chi connectivity index (χ3v) is 3.48. The monoisotopic (exact) mass is 275 g/mol. The minimum atomic E-state index is -0.508. The third kappa shape index (κ3) is 2.60. The molecule has 2 heterocycles. The van der Waals surface area contributed by atoms with E-state index in [4.69, 9.17) is 9.47 Å². The molecule has 20 heavy (non-hydrogen) atoms. The molecule has 0 unspecified atom stereocenters. The molecule has 1 aromatic carbocycles. The van der Waals surface area contributed by atoms with Crippen LogP contribution in [0.15, 0.2) is 29.4 Å². The predicted molar refractivity (Wildman–Crippen MR) is 75.1 cm³/mol. The van der Waals surface area contributed by atoms with Crippen molar-refractivity contribution in [3.8, 4) is 0 Å². The molecular weight excluding hydrogens is 258 g/mol. The summed E-state index contributed by atoms with van der Waals surface area (Å²) in [5, 5.41) is 4.06. The Hall–Kier alpha value is -2.08. The highest BCUT2D eigenvalue weighted by Crippen LogP contribution is 2.19. The lowest BCUT2D eigenvalue weighted by Gasteiger charge is -2.29. The number of hydrogen-bond donors (Lipinski definition) is 1. The zero-order valence-corrected chi connectivity index (χ0v) is 11.3. The van der Waals surface area contributed by atoms with Gasteiger partial charge < -0.3 is 14.4 Å². The van der Waals surface area contributed by atoms with Gasteiger partial charge in [0.2, 0.25) is 0 Å². The second-order valence-corrected chi connectivity index (χ2v) is 4.80. The number of anilines is 1. The Morgan fingerprint density at radius 1 is 1.25 bits per heavy atom. The van der Waals surface area contributed by atoms with Gasteiger partial charge in [0.25, 0.3) is 0 Å². The molecule has 106 valence electrons. The molecule has 0 saturated carbocycles. The van der Waals surface area contributed by atoms with Crippen LogP contribution in [0.2, 0.25) is 0 Å². The average molecular weight is 275 g/mol. The number of ether oxygens (including phenoxy) is 2. The van der Waals surface area contributed by atoms with Crippen LogP contribution in [0, 0.1) is 0 Å². The fourth-order valence-electron chi connectivity index (χ4n) is 2.40. The van der Waals surface area contributed by atoms with Crippen molar-refractivity contribution in [2.75, 3.05) is 31.2 Å². The van der Waals surface area contributed by atoms with Gasteiger partial charge in [-0.25, -0.2) is 10.2 Å². The van der Waals surface area contributed by atoms with Crippen molar-refractivity contribution in [2.45, 2.75) is 13.0 Å². The second-order valence-electron chi connectivity index (χ2n) is 4.80. The van der Waals surface area contributed by atoms with E-state index >= 15 is 0 Å². The molecule has 1 N–H and O–H groups in total. The number of hydrogen-bond acceptors (Lipinski definition) is 5. The van der Waals surface area contributed by atoms with Crippen molar-refractivity contribution in [3.63, 3.8) is 0 Å². The van der Waals surface area contributed by atoms with Gasteiger partial charge in [-0.15, -0.1) is 0 Å². The van der Waals surface area contributed by atoms with Crippen LogP contribution >= 0.6 is 0 Å². The van der Waals surface area contributed by atoms with Crippen molar-refractivity contribution in [1.82, 2.24) is 5.43 Å². The number of cyclic esters (lactones) is 1. The molecule has 2 aliphatic rings. The molecule has 1 saturated heterocycles. The zero-order valence-electron chi connectivity index (χ0n) is 11.3. The molecule has 1 fully saturated rings. The first-order valence-corrected chi connectivity index (χ1v) is 6.71. The number of nitrogens with one attached hydrogen (secondary N) is 1. The third-order valence-electron chi connectivity index (χ3n) is 3.48. The van der Waals surface area contributed by atoms with Gasteiger partial charge >= 0.3 is 6.09 Å². The van der Waals surface area contributed by atoms with Crippen LogP contribution in [0.1, 0.15) is 12.5 Å². The highest BCUT2D eigenvalue weighted by atomic mass is 16.6. The Bertz CT molecular complexity index is 521. The summed E-state index contributed by atoms with van der Waals surface area (Å²) in [4.78, 5) is 13.3. The van der Waals surface area contributed by atoms with E-state index in [1.807, 2.05) is 19.1 Å². The SMILES string of the molecule is C[C@H]1OC(=O)NN=C1c1ccc(N2CCOCC2)cc1. The molecule has 0 aliphatic carbocycles. The van der Waals surface area contributed by atoms with Crippen LogP contribution in [0.5, 0.6) is 0 Å².